The molecule has 1 radical (unpaired) electrons. The highest BCUT2D eigenvalue weighted by molar-refractivity contribution is 5.68. The number of nitrogens with zero attached hydrogens (tertiary/aromatic N) is 1. The molecule has 0 atom stereocenters. The molecular weight excluding hydrogens is 208 g/mol. The first-order valence-corrected chi connectivity index (χ1v) is 5.53. The third-order valence-electron chi connectivity index (χ3n) is 2.41. The predicted molar refractivity (Wildman–Crippen MR) is 59.7 cm³/mol. The first-order valence-electron chi connectivity index (χ1n) is 5.53. The minimum absolute atomic E-state index is 0.135. The van der Waals surface area contributed by atoms with Gasteiger partial charge < -0.3 is 15.0 Å². The Hall–Kier alpha value is -1.26. The number of likely N-dealkylation sites (tertiary alicyclic amines) is 1. The number of carbonyl (C=O) groups excluding carboxylic acids is 2. The molecule has 0 aromatic heterocycles. The average Bonchev–Trinajstić information content (AvgIpc) is 2.16. The molecule has 0 unspecified atom stereocenters. The summed E-state index contributed by atoms with van der Waals surface area (Å²) in [6, 6.07) is 0.135. The molecule has 0 spiro atoms. The van der Waals surface area contributed by atoms with E-state index in [2.05, 4.69) is 5.32 Å². The topological polar surface area (TPSA) is 58.6 Å². The highest BCUT2D eigenvalue weighted by Gasteiger charge is 2.26. The molecule has 1 aliphatic rings. The first kappa shape index (κ1) is 12.8. The summed E-state index contributed by atoms with van der Waals surface area (Å²) in [6.07, 6.45) is 2.93. The number of hydrogen-bond donors (Lipinski definition) is 1. The van der Waals surface area contributed by atoms with Crippen LogP contribution in [-0.2, 0) is 9.53 Å². The molecule has 0 aromatic carbocycles. The quantitative estimate of drug-likeness (QED) is 0.717. The van der Waals surface area contributed by atoms with Gasteiger partial charge >= 0.3 is 12.5 Å². The van der Waals surface area contributed by atoms with Crippen LogP contribution < -0.4 is 5.32 Å². The van der Waals surface area contributed by atoms with Crippen molar-refractivity contribution in [2.75, 3.05) is 13.1 Å². The number of piperidine rings is 1. The maximum Gasteiger partial charge on any atom is 0.410 e. The van der Waals surface area contributed by atoms with E-state index in [0.29, 0.717) is 13.1 Å². The zero-order valence-electron chi connectivity index (χ0n) is 10.1. The van der Waals surface area contributed by atoms with Gasteiger partial charge in [-0.3, -0.25) is 4.79 Å². The van der Waals surface area contributed by atoms with Crippen LogP contribution >= 0.6 is 0 Å². The zero-order valence-corrected chi connectivity index (χ0v) is 10.1. The van der Waals surface area contributed by atoms with Crippen LogP contribution in [0.4, 0.5) is 4.79 Å². The van der Waals surface area contributed by atoms with Crippen LogP contribution in [0, 0.1) is 0 Å². The highest BCUT2D eigenvalue weighted by atomic mass is 16.6. The van der Waals surface area contributed by atoms with E-state index in [1.807, 2.05) is 20.8 Å². The van der Waals surface area contributed by atoms with Crippen molar-refractivity contribution >= 4 is 12.5 Å². The Kier molecular flexibility index (Phi) is 4.15. The lowest BCUT2D eigenvalue weighted by Gasteiger charge is -2.33. The molecule has 16 heavy (non-hydrogen) atoms. The van der Waals surface area contributed by atoms with E-state index in [0.717, 1.165) is 12.8 Å². The molecule has 0 bridgehead atoms. The fourth-order valence-corrected chi connectivity index (χ4v) is 1.62. The SMILES string of the molecule is CC(C)(C)OC(=O)N1CCC(N[C]=O)CC1. The summed E-state index contributed by atoms with van der Waals surface area (Å²) in [5, 5.41) is 2.61. The van der Waals surface area contributed by atoms with E-state index < -0.39 is 5.60 Å². The third kappa shape index (κ3) is 4.08. The van der Waals surface area contributed by atoms with Gasteiger partial charge in [0.2, 0.25) is 0 Å². The van der Waals surface area contributed by atoms with E-state index >= 15 is 0 Å². The molecular formula is C11H19N2O3. The minimum Gasteiger partial charge on any atom is -0.444 e. The predicted octanol–water partition coefficient (Wildman–Crippen LogP) is 1.04. The van der Waals surface area contributed by atoms with Gasteiger partial charge in [-0.05, 0) is 33.6 Å². The Balaban J connectivity index is 2.36. The van der Waals surface area contributed by atoms with Gasteiger partial charge in [0.25, 0.3) is 0 Å². The van der Waals surface area contributed by atoms with Crippen molar-refractivity contribution in [3.63, 3.8) is 0 Å². The lowest BCUT2D eigenvalue weighted by atomic mass is 10.1. The van der Waals surface area contributed by atoms with Crippen molar-refractivity contribution in [3.05, 3.63) is 0 Å². The van der Waals surface area contributed by atoms with Gasteiger partial charge in [0.05, 0.1) is 0 Å². The lowest BCUT2D eigenvalue weighted by Crippen LogP contribution is -2.46. The van der Waals surface area contributed by atoms with Crippen LogP contribution in [0.25, 0.3) is 0 Å². The highest BCUT2D eigenvalue weighted by Crippen LogP contribution is 2.15. The number of ether oxygens (including phenoxy) is 1. The van der Waals surface area contributed by atoms with E-state index in [-0.39, 0.29) is 12.1 Å². The van der Waals surface area contributed by atoms with E-state index in [4.69, 9.17) is 4.74 Å². The summed E-state index contributed by atoms with van der Waals surface area (Å²) in [7, 11) is 0. The number of rotatable bonds is 2. The van der Waals surface area contributed by atoms with Crippen molar-refractivity contribution in [2.24, 2.45) is 0 Å². The van der Waals surface area contributed by atoms with Crippen LogP contribution in [0.2, 0.25) is 0 Å². The van der Waals surface area contributed by atoms with Crippen LogP contribution in [0.3, 0.4) is 0 Å². The molecule has 0 aliphatic carbocycles. The Morgan fingerprint density at radius 1 is 1.38 bits per heavy atom. The molecule has 1 N–H and O–H groups in total. The van der Waals surface area contributed by atoms with Gasteiger partial charge in [-0.15, -0.1) is 0 Å². The smallest absolute Gasteiger partial charge is 0.410 e. The van der Waals surface area contributed by atoms with Crippen LogP contribution in [0.5, 0.6) is 0 Å². The minimum atomic E-state index is -0.456. The first-order chi connectivity index (χ1) is 7.42. The van der Waals surface area contributed by atoms with Crippen molar-refractivity contribution < 1.29 is 14.3 Å². The zero-order chi connectivity index (χ0) is 12.2. The second-order valence-corrected chi connectivity index (χ2v) is 4.99. The summed E-state index contributed by atoms with van der Waals surface area (Å²) in [5.74, 6) is 0. The number of hydrogen-bond acceptors (Lipinski definition) is 3. The monoisotopic (exact) mass is 227 g/mol. The number of nitrogens with one attached hydrogen (secondary N) is 1. The Bertz CT molecular complexity index is 252. The summed E-state index contributed by atoms with van der Waals surface area (Å²) in [5.41, 5.74) is -0.456. The molecule has 91 valence electrons. The molecule has 1 aliphatic heterocycles. The normalized spacial score (nSPS) is 18.1. The van der Waals surface area contributed by atoms with Crippen LogP contribution in [0.1, 0.15) is 33.6 Å². The fourth-order valence-electron chi connectivity index (χ4n) is 1.62. The van der Waals surface area contributed by atoms with Gasteiger partial charge in [0, 0.05) is 19.1 Å². The van der Waals surface area contributed by atoms with Crippen LogP contribution in [-0.4, -0.2) is 42.1 Å². The average molecular weight is 227 g/mol. The molecule has 0 saturated carbocycles. The Morgan fingerprint density at radius 2 is 1.94 bits per heavy atom. The van der Waals surface area contributed by atoms with Gasteiger partial charge in [-0.25, -0.2) is 4.79 Å². The summed E-state index contributed by atoms with van der Waals surface area (Å²) in [4.78, 5) is 23.5. The number of carbonyl (C=O) groups is 1. The van der Waals surface area contributed by atoms with E-state index in [1.54, 1.807) is 11.3 Å². The molecule has 1 rings (SSSR count). The summed E-state index contributed by atoms with van der Waals surface area (Å²) >= 11 is 0. The fraction of sp³-hybridized carbons (Fsp3) is 0.818. The standard InChI is InChI=1S/C11H19N2O3/c1-11(2,3)16-10(15)13-6-4-9(5-7-13)12-8-14/h9H,4-7H2,1-3H3,(H,12,14). The molecule has 1 saturated heterocycles. The van der Waals surface area contributed by atoms with Crippen molar-refractivity contribution in [1.82, 2.24) is 10.2 Å². The van der Waals surface area contributed by atoms with Gasteiger partial charge in [0.15, 0.2) is 0 Å². The molecule has 1 heterocycles. The van der Waals surface area contributed by atoms with Gasteiger partial charge in [-0.2, -0.15) is 0 Å². The van der Waals surface area contributed by atoms with Crippen LogP contribution in [0.15, 0.2) is 0 Å². The maximum absolute atomic E-state index is 11.7. The molecule has 1 fully saturated rings. The lowest BCUT2D eigenvalue weighted by molar-refractivity contribution is 0.0203. The van der Waals surface area contributed by atoms with E-state index in [9.17, 15) is 9.59 Å². The van der Waals surface area contributed by atoms with Gasteiger partial charge in [-0.1, -0.05) is 0 Å². The largest absolute Gasteiger partial charge is 0.444 e. The van der Waals surface area contributed by atoms with Crippen molar-refractivity contribution in [1.29, 1.82) is 0 Å². The van der Waals surface area contributed by atoms with E-state index in [1.165, 1.54) is 0 Å². The summed E-state index contributed by atoms with van der Waals surface area (Å²) in [6.45, 7) is 6.78. The molecule has 0 aromatic rings. The second-order valence-electron chi connectivity index (χ2n) is 4.99. The Labute approximate surface area is 96.1 Å². The molecule has 5 nitrogen and oxygen atoms in total. The van der Waals surface area contributed by atoms with Crippen molar-refractivity contribution in [3.8, 4) is 0 Å². The third-order valence-corrected chi connectivity index (χ3v) is 2.41. The second kappa shape index (κ2) is 5.18. The Morgan fingerprint density at radius 3 is 2.38 bits per heavy atom. The summed E-state index contributed by atoms with van der Waals surface area (Å²) < 4.78 is 5.26. The molecule has 5 heteroatoms. The maximum atomic E-state index is 11.7. The van der Waals surface area contributed by atoms with Gasteiger partial charge in [0.1, 0.15) is 5.60 Å². The van der Waals surface area contributed by atoms with Crippen molar-refractivity contribution in [2.45, 2.75) is 45.3 Å². The molecule has 2 amide bonds. The number of amides is 2.